The molecule has 0 aliphatic rings. The fraction of sp³-hybridized carbons (Fsp3) is 0. The predicted octanol–water partition coefficient (Wildman–Crippen LogP) is 2.18. The lowest BCUT2D eigenvalue weighted by Crippen LogP contribution is -1.99. The molecule has 0 aliphatic heterocycles. The summed E-state index contributed by atoms with van der Waals surface area (Å²) in [6.07, 6.45) is 0. The monoisotopic (exact) mass is 342 g/mol. The molecule has 0 aliphatic carbocycles. The van der Waals surface area contributed by atoms with E-state index < -0.39 is 10.1 Å². The lowest BCUT2D eigenvalue weighted by atomic mass is 10.1. The van der Waals surface area contributed by atoms with Gasteiger partial charge in [0.2, 0.25) is 0 Å². The highest BCUT2D eigenvalue weighted by atomic mass is 32.2. The normalized spacial score (nSPS) is 12.2. The van der Waals surface area contributed by atoms with E-state index in [9.17, 15) is 18.3 Å². The van der Waals surface area contributed by atoms with E-state index in [1.165, 1.54) is 42.5 Å². The molecule has 0 radical (unpaired) electrons. The summed E-state index contributed by atoms with van der Waals surface area (Å²) in [5.41, 5.74) is 1.51. The third-order valence-electron chi connectivity index (χ3n) is 3.83. The van der Waals surface area contributed by atoms with Crippen molar-refractivity contribution in [2.45, 2.75) is 4.90 Å². The van der Waals surface area contributed by atoms with Crippen LogP contribution in [-0.2, 0) is 10.1 Å². The van der Waals surface area contributed by atoms with Crippen LogP contribution in [0.15, 0.2) is 52.2 Å². The topological polar surface area (TPSA) is 120 Å². The maximum atomic E-state index is 11.7. The summed E-state index contributed by atoms with van der Waals surface area (Å²) in [6.45, 7) is 0. The lowest BCUT2D eigenvalue weighted by molar-refractivity contribution is 0.481. The van der Waals surface area contributed by atoms with Crippen molar-refractivity contribution in [1.82, 2.24) is 9.97 Å². The van der Waals surface area contributed by atoms with E-state index in [0.29, 0.717) is 32.8 Å². The number of nitrogens with one attached hydrogen (secondary N) is 1. The number of benzene rings is 3. The molecule has 0 saturated heterocycles. The van der Waals surface area contributed by atoms with E-state index in [4.69, 9.17) is 4.55 Å². The number of H-pyrrole nitrogens is 1. The van der Waals surface area contributed by atoms with E-state index in [2.05, 4.69) is 9.97 Å². The second-order valence-corrected chi connectivity index (χ2v) is 6.81. The summed E-state index contributed by atoms with van der Waals surface area (Å²) in [6, 6.07) is 9.65. The summed E-state index contributed by atoms with van der Waals surface area (Å²) >= 11 is 0. The van der Waals surface area contributed by atoms with Crippen LogP contribution in [-0.4, -0.2) is 28.0 Å². The molecule has 0 unspecified atom stereocenters. The van der Waals surface area contributed by atoms with Crippen molar-refractivity contribution in [1.29, 1.82) is 0 Å². The number of phenols is 1. The Hall–Kier alpha value is -2.97. The fourth-order valence-electron chi connectivity index (χ4n) is 2.72. The van der Waals surface area contributed by atoms with Gasteiger partial charge in [-0.25, -0.2) is 4.98 Å². The molecular weight excluding hydrogens is 332 g/mol. The Morgan fingerprint density at radius 2 is 1.75 bits per heavy atom. The average Bonchev–Trinajstić information content (AvgIpc) is 2.52. The highest BCUT2D eigenvalue weighted by Crippen LogP contribution is 2.31. The number of hydrogen-bond acceptors (Lipinski definition) is 5. The van der Waals surface area contributed by atoms with Gasteiger partial charge in [0.05, 0.1) is 27.0 Å². The molecule has 0 bridgehead atoms. The number of fused-ring (bicyclic) bond motifs is 4. The van der Waals surface area contributed by atoms with E-state index in [-0.39, 0.29) is 16.1 Å². The van der Waals surface area contributed by atoms with Gasteiger partial charge in [-0.15, -0.1) is 0 Å². The minimum atomic E-state index is -4.35. The van der Waals surface area contributed by atoms with Gasteiger partial charge in [-0.2, -0.15) is 8.42 Å². The zero-order chi connectivity index (χ0) is 17.1. The molecule has 0 atom stereocenters. The number of hydrogen-bond donors (Lipinski definition) is 3. The van der Waals surface area contributed by atoms with Crippen LogP contribution in [0, 0.1) is 0 Å². The van der Waals surface area contributed by atoms with Gasteiger partial charge in [-0.1, -0.05) is 0 Å². The molecule has 1 aromatic heterocycles. The van der Waals surface area contributed by atoms with E-state index >= 15 is 0 Å². The van der Waals surface area contributed by atoms with E-state index in [1.807, 2.05) is 0 Å². The Morgan fingerprint density at radius 3 is 2.50 bits per heavy atom. The highest BCUT2D eigenvalue weighted by Gasteiger charge is 2.13. The standard InChI is InChI=1S/C16H10N2O5S/c19-8-1-3-10-11(5-8)16-14(7-15(10)20)17-12-4-2-9(24(21,22)23)6-13(12)18-16/h1-7,17,20H,(H,21,22,23). The minimum Gasteiger partial charge on any atom is -0.507 e. The largest absolute Gasteiger partial charge is 0.507 e. The van der Waals surface area contributed by atoms with Gasteiger partial charge in [0, 0.05) is 16.8 Å². The van der Waals surface area contributed by atoms with Crippen LogP contribution in [0.25, 0.3) is 32.8 Å². The molecule has 3 N–H and O–H groups in total. The maximum absolute atomic E-state index is 11.7. The van der Waals surface area contributed by atoms with Gasteiger partial charge in [-0.3, -0.25) is 9.35 Å². The van der Waals surface area contributed by atoms with Gasteiger partial charge < -0.3 is 10.1 Å². The zero-order valence-electron chi connectivity index (χ0n) is 12.0. The van der Waals surface area contributed by atoms with Crippen molar-refractivity contribution in [3.05, 3.63) is 52.7 Å². The molecule has 0 fully saturated rings. The molecule has 4 rings (SSSR count). The third-order valence-corrected chi connectivity index (χ3v) is 4.68. The van der Waals surface area contributed by atoms with Crippen molar-refractivity contribution in [3.8, 4) is 5.75 Å². The molecule has 7 nitrogen and oxygen atoms in total. The van der Waals surface area contributed by atoms with Gasteiger partial charge >= 0.3 is 0 Å². The maximum Gasteiger partial charge on any atom is 0.294 e. The van der Waals surface area contributed by atoms with Crippen LogP contribution in [0.4, 0.5) is 0 Å². The van der Waals surface area contributed by atoms with Crippen LogP contribution in [0.1, 0.15) is 0 Å². The number of rotatable bonds is 1. The Morgan fingerprint density at radius 1 is 0.958 bits per heavy atom. The summed E-state index contributed by atoms with van der Waals surface area (Å²) in [5.74, 6) is 0.00413. The first kappa shape index (κ1) is 14.6. The molecule has 0 spiro atoms. The number of aromatic amines is 1. The molecule has 8 heteroatoms. The van der Waals surface area contributed by atoms with Crippen molar-refractivity contribution in [2.24, 2.45) is 0 Å². The summed E-state index contributed by atoms with van der Waals surface area (Å²) in [5, 5.41) is 11.0. The molecule has 0 amide bonds. The SMILES string of the molecule is O=c1ccc2c(O)cc3[nH]c4ccc(S(=O)(=O)O)cc4nc3c2c1. The average molecular weight is 342 g/mol. The minimum absolute atomic E-state index is 0.00413. The van der Waals surface area contributed by atoms with Crippen molar-refractivity contribution >= 4 is 43.0 Å². The first-order valence-electron chi connectivity index (χ1n) is 6.90. The van der Waals surface area contributed by atoms with Crippen LogP contribution in [0.3, 0.4) is 0 Å². The van der Waals surface area contributed by atoms with Gasteiger partial charge in [0.15, 0.2) is 5.43 Å². The van der Waals surface area contributed by atoms with Crippen molar-refractivity contribution in [3.63, 3.8) is 0 Å². The summed E-state index contributed by atoms with van der Waals surface area (Å²) in [7, 11) is -4.35. The van der Waals surface area contributed by atoms with Crippen LogP contribution in [0.2, 0.25) is 0 Å². The molecular formula is C16H10N2O5S. The number of phenolic OH excluding ortho intramolecular Hbond substituents is 1. The number of aromatic hydroxyl groups is 1. The van der Waals surface area contributed by atoms with E-state index in [1.54, 1.807) is 0 Å². The molecule has 1 heterocycles. The molecule has 120 valence electrons. The Balaban J connectivity index is 2.19. The summed E-state index contributed by atoms with van der Waals surface area (Å²) < 4.78 is 31.7. The van der Waals surface area contributed by atoms with Crippen molar-refractivity contribution in [2.75, 3.05) is 0 Å². The highest BCUT2D eigenvalue weighted by molar-refractivity contribution is 7.85. The second kappa shape index (κ2) is 4.76. The van der Waals surface area contributed by atoms with Gasteiger partial charge in [0.25, 0.3) is 10.1 Å². The molecule has 3 aromatic carbocycles. The molecule has 0 saturated carbocycles. The van der Waals surface area contributed by atoms with Crippen molar-refractivity contribution < 1.29 is 18.1 Å². The van der Waals surface area contributed by atoms with Crippen LogP contribution < -0.4 is 5.43 Å². The predicted molar refractivity (Wildman–Crippen MR) is 88.9 cm³/mol. The molecule has 4 aromatic rings. The third kappa shape index (κ3) is 2.20. The Bertz CT molecular complexity index is 1310. The van der Waals surface area contributed by atoms with Crippen LogP contribution in [0.5, 0.6) is 5.75 Å². The smallest absolute Gasteiger partial charge is 0.294 e. The Labute approximate surface area is 135 Å². The first-order chi connectivity index (χ1) is 11.3. The van der Waals surface area contributed by atoms with Crippen LogP contribution >= 0.6 is 0 Å². The number of aromatic nitrogens is 2. The van der Waals surface area contributed by atoms with Gasteiger partial charge in [0.1, 0.15) is 5.75 Å². The lowest BCUT2D eigenvalue weighted by Gasteiger charge is -2.08. The second-order valence-electron chi connectivity index (χ2n) is 5.39. The Kier molecular flexibility index (Phi) is 2.90. The molecule has 24 heavy (non-hydrogen) atoms. The number of nitrogens with zero attached hydrogens (tertiary/aromatic N) is 1. The fourth-order valence-corrected chi connectivity index (χ4v) is 3.22. The first-order valence-corrected chi connectivity index (χ1v) is 8.34. The summed E-state index contributed by atoms with van der Waals surface area (Å²) in [4.78, 5) is 18.8. The van der Waals surface area contributed by atoms with E-state index in [0.717, 1.165) is 0 Å². The zero-order valence-corrected chi connectivity index (χ0v) is 12.8. The quantitative estimate of drug-likeness (QED) is 0.277. The van der Waals surface area contributed by atoms with Gasteiger partial charge in [-0.05, 0) is 36.4 Å².